The number of nitrogens with zero attached hydrogens (tertiary/aromatic N) is 1. The molecule has 0 spiro atoms. The molecule has 0 saturated carbocycles. The standard InChI is InChI=1S/C13H16ClN3O/c1-9(2)16-13(18)7-12(8-15)17-11-5-3-10(14)4-6-11/h3-6,9,12,17H,7H2,1-2H3,(H,16,18). The fraction of sp³-hybridized carbons (Fsp3) is 0.385. The van der Waals surface area contributed by atoms with Gasteiger partial charge < -0.3 is 10.6 Å². The van der Waals surface area contributed by atoms with Crippen molar-refractivity contribution in [3.63, 3.8) is 0 Å². The van der Waals surface area contributed by atoms with E-state index in [-0.39, 0.29) is 18.4 Å². The van der Waals surface area contributed by atoms with E-state index in [4.69, 9.17) is 16.9 Å². The van der Waals surface area contributed by atoms with Crippen molar-refractivity contribution < 1.29 is 4.79 Å². The average Bonchev–Trinajstić information content (AvgIpc) is 2.30. The Bertz CT molecular complexity index is 437. The van der Waals surface area contributed by atoms with Gasteiger partial charge in [0, 0.05) is 16.8 Å². The minimum absolute atomic E-state index is 0.0763. The second-order valence-electron chi connectivity index (χ2n) is 4.26. The molecule has 1 amide bonds. The Labute approximate surface area is 112 Å². The first-order valence-electron chi connectivity index (χ1n) is 5.72. The molecule has 1 rings (SSSR count). The van der Waals surface area contributed by atoms with E-state index < -0.39 is 6.04 Å². The first-order chi connectivity index (χ1) is 8.51. The van der Waals surface area contributed by atoms with Gasteiger partial charge in [0.1, 0.15) is 6.04 Å². The lowest BCUT2D eigenvalue weighted by atomic mass is 10.2. The summed E-state index contributed by atoms with van der Waals surface area (Å²) < 4.78 is 0. The van der Waals surface area contributed by atoms with Gasteiger partial charge in [0.2, 0.25) is 5.91 Å². The summed E-state index contributed by atoms with van der Waals surface area (Å²) in [5.41, 5.74) is 0.767. The summed E-state index contributed by atoms with van der Waals surface area (Å²) in [7, 11) is 0. The highest BCUT2D eigenvalue weighted by Gasteiger charge is 2.13. The molecule has 18 heavy (non-hydrogen) atoms. The highest BCUT2D eigenvalue weighted by atomic mass is 35.5. The van der Waals surface area contributed by atoms with Gasteiger partial charge >= 0.3 is 0 Å². The molecule has 0 aromatic heterocycles. The molecule has 0 radical (unpaired) electrons. The molecule has 0 aliphatic carbocycles. The van der Waals surface area contributed by atoms with Gasteiger partial charge in [-0.15, -0.1) is 0 Å². The first-order valence-corrected chi connectivity index (χ1v) is 6.10. The topological polar surface area (TPSA) is 64.9 Å². The lowest BCUT2D eigenvalue weighted by molar-refractivity contribution is -0.121. The van der Waals surface area contributed by atoms with Crippen LogP contribution >= 0.6 is 11.6 Å². The molecule has 1 aromatic rings. The van der Waals surface area contributed by atoms with Gasteiger partial charge in [-0.1, -0.05) is 11.6 Å². The van der Waals surface area contributed by atoms with Gasteiger partial charge in [0.15, 0.2) is 0 Å². The fourth-order valence-corrected chi connectivity index (χ4v) is 1.57. The summed E-state index contributed by atoms with van der Waals surface area (Å²) >= 11 is 5.77. The Hall–Kier alpha value is -1.73. The molecule has 1 atom stereocenters. The van der Waals surface area contributed by atoms with Crippen molar-refractivity contribution in [3.8, 4) is 6.07 Å². The van der Waals surface area contributed by atoms with Crippen LogP contribution < -0.4 is 10.6 Å². The number of amides is 1. The minimum Gasteiger partial charge on any atom is -0.369 e. The average molecular weight is 266 g/mol. The summed E-state index contributed by atoms with van der Waals surface area (Å²) in [6.07, 6.45) is 0.122. The number of halogens is 1. The predicted molar refractivity (Wildman–Crippen MR) is 72.4 cm³/mol. The van der Waals surface area contributed by atoms with Crippen molar-refractivity contribution in [2.75, 3.05) is 5.32 Å². The minimum atomic E-state index is -0.551. The normalized spacial score (nSPS) is 11.7. The third-order valence-electron chi connectivity index (χ3n) is 2.18. The molecule has 0 aliphatic rings. The Morgan fingerprint density at radius 3 is 2.50 bits per heavy atom. The van der Waals surface area contributed by atoms with Crippen LogP contribution in [0.15, 0.2) is 24.3 Å². The van der Waals surface area contributed by atoms with Crippen molar-refractivity contribution in [3.05, 3.63) is 29.3 Å². The van der Waals surface area contributed by atoms with E-state index in [1.54, 1.807) is 24.3 Å². The van der Waals surface area contributed by atoms with Gasteiger partial charge in [0.05, 0.1) is 12.5 Å². The van der Waals surface area contributed by atoms with Crippen LogP contribution in [0, 0.1) is 11.3 Å². The molecule has 0 bridgehead atoms. The SMILES string of the molecule is CC(C)NC(=O)CC(C#N)Nc1ccc(Cl)cc1. The van der Waals surface area contributed by atoms with Crippen LogP contribution in [-0.2, 0) is 4.79 Å². The zero-order valence-corrected chi connectivity index (χ0v) is 11.2. The van der Waals surface area contributed by atoms with E-state index in [9.17, 15) is 4.79 Å². The summed E-state index contributed by atoms with van der Waals surface area (Å²) in [6, 6.07) is 8.59. The van der Waals surface area contributed by atoms with Gasteiger partial charge in [0.25, 0.3) is 0 Å². The molecule has 2 N–H and O–H groups in total. The Balaban J connectivity index is 2.55. The van der Waals surface area contributed by atoms with Crippen molar-refractivity contribution >= 4 is 23.2 Å². The van der Waals surface area contributed by atoms with Crippen LogP contribution in [0.5, 0.6) is 0 Å². The number of carbonyl (C=O) groups excluding carboxylic acids is 1. The maximum atomic E-state index is 11.5. The van der Waals surface area contributed by atoms with Crippen molar-refractivity contribution in [1.29, 1.82) is 5.26 Å². The Kier molecular flexibility index (Phi) is 5.47. The number of rotatable bonds is 5. The van der Waals surface area contributed by atoms with Crippen LogP contribution in [-0.4, -0.2) is 18.0 Å². The first kappa shape index (κ1) is 14.3. The lowest BCUT2D eigenvalue weighted by Gasteiger charge is -2.14. The van der Waals surface area contributed by atoms with Crippen molar-refractivity contribution in [1.82, 2.24) is 5.32 Å². The summed E-state index contributed by atoms with van der Waals surface area (Å²) in [5, 5.41) is 15.4. The van der Waals surface area contributed by atoms with E-state index >= 15 is 0 Å². The number of carbonyl (C=O) groups is 1. The number of anilines is 1. The summed E-state index contributed by atoms with van der Waals surface area (Å²) in [6.45, 7) is 3.76. The molecule has 4 nitrogen and oxygen atoms in total. The molecule has 5 heteroatoms. The molecule has 96 valence electrons. The van der Waals surface area contributed by atoms with E-state index in [1.807, 2.05) is 13.8 Å². The predicted octanol–water partition coefficient (Wildman–Crippen LogP) is 2.56. The third-order valence-corrected chi connectivity index (χ3v) is 2.43. The highest BCUT2D eigenvalue weighted by molar-refractivity contribution is 6.30. The molecular weight excluding hydrogens is 250 g/mol. The van der Waals surface area contributed by atoms with Crippen LogP contribution in [0.1, 0.15) is 20.3 Å². The largest absolute Gasteiger partial charge is 0.369 e. The Morgan fingerprint density at radius 2 is 2.00 bits per heavy atom. The molecule has 1 unspecified atom stereocenters. The molecule has 0 heterocycles. The van der Waals surface area contributed by atoms with Crippen LogP contribution in [0.3, 0.4) is 0 Å². The van der Waals surface area contributed by atoms with Gasteiger partial charge in [-0.3, -0.25) is 4.79 Å². The van der Waals surface area contributed by atoms with Gasteiger partial charge in [-0.25, -0.2) is 0 Å². The highest BCUT2D eigenvalue weighted by Crippen LogP contribution is 2.14. The maximum Gasteiger partial charge on any atom is 0.223 e. The number of benzene rings is 1. The number of nitriles is 1. The second-order valence-corrected chi connectivity index (χ2v) is 4.70. The second kappa shape index (κ2) is 6.87. The summed E-state index contributed by atoms with van der Waals surface area (Å²) in [5.74, 6) is -0.141. The van der Waals surface area contributed by atoms with Crippen LogP contribution in [0.25, 0.3) is 0 Å². The quantitative estimate of drug-likeness (QED) is 0.860. The fourth-order valence-electron chi connectivity index (χ4n) is 1.44. The smallest absolute Gasteiger partial charge is 0.223 e. The van der Waals surface area contributed by atoms with E-state index in [1.165, 1.54) is 0 Å². The van der Waals surface area contributed by atoms with E-state index in [0.717, 1.165) is 5.69 Å². The lowest BCUT2D eigenvalue weighted by Crippen LogP contribution is -2.34. The number of hydrogen-bond donors (Lipinski definition) is 2. The zero-order valence-electron chi connectivity index (χ0n) is 10.4. The van der Waals surface area contributed by atoms with Crippen molar-refractivity contribution in [2.24, 2.45) is 0 Å². The molecule has 0 fully saturated rings. The van der Waals surface area contributed by atoms with E-state index in [0.29, 0.717) is 5.02 Å². The van der Waals surface area contributed by atoms with Crippen LogP contribution in [0.4, 0.5) is 5.69 Å². The number of hydrogen-bond acceptors (Lipinski definition) is 3. The molecule has 0 aliphatic heterocycles. The maximum absolute atomic E-state index is 11.5. The molecular formula is C13H16ClN3O. The molecule has 0 saturated heterocycles. The van der Waals surface area contributed by atoms with Gasteiger partial charge in [-0.2, -0.15) is 5.26 Å². The monoisotopic (exact) mass is 265 g/mol. The van der Waals surface area contributed by atoms with Crippen LogP contribution in [0.2, 0.25) is 5.02 Å². The Morgan fingerprint density at radius 1 is 1.39 bits per heavy atom. The third kappa shape index (κ3) is 5.07. The zero-order chi connectivity index (χ0) is 13.5. The summed E-state index contributed by atoms with van der Waals surface area (Å²) in [4.78, 5) is 11.5. The van der Waals surface area contributed by atoms with Crippen molar-refractivity contribution in [2.45, 2.75) is 32.4 Å². The molecule has 1 aromatic carbocycles. The number of nitrogens with one attached hydrogen (secondary N) is 2. The van der Waals surface area contributed by atoms with E-state index in [2.05, 4.69) is 16.7 Å². The van der Waals surface area contributed by atoms with Gasteiger partial charge in [-0.05, 0) is 38.1 Å².